The van der Waals surface area contributed by atoms with Crippen molar-refractivity contribution in [3.05, 3.63) is 81.5 Å². The third-order valence-corrected chi connectivity index (χ3v) is 6.79. The average molecular weight is 480 g/mol. The zero-order chi connectivity index (χ0) is 24.3. The molecule has 1 amide bonds. The Kier molecular flexibility index (Phi) is 9.71. The maximum Gasteiger partial charge on any atom is 0.339 e. The van der Waals surface area contributed by atoms with E-state index in [2.05, 4.69) is 19.1 Å². The Hall–Kier alpha value is -3.12. The van der Waals surface area contributed by atoms with Gasteiger partial charge in [-0.3, -0.25) is 4.79 Å². The van der Waals surface area contributed by atoms with Gasteiger partial charge in [0.15, 0.2) is 0 Å². The van der Waals surface area contributed by atoms with E-state index in [9.17, 15) is 19.8 Å². The molecule has 2 N–H and O–H groups in total. The van der Waals surface area contributed by atoms with E-state index in [4.69, 9.17) is 0 Å². The maximum absolute atomic E-state index is 13.2. The van der Waals surface area contributed by atoms with Crippen molar-refractivity contribution in [2.45, 2.75) is 64.8 Å². The zero-order valence-corrected chi connectivity index (χ0v) is 20.5. The lowest BCUT2D eigenvalue weighted by molar-refractivity contribution is -0.118. The number of amides is 1. The minimum atomic E-state index is -1.23. The number of rotatable bonds is 13. The molecule has 6 heteroatoms. The van der Waals surface area contributed by atoms with Crippen LogP contribution in [0.5, 0.6) is 5.75 Å². The van der Waals surface area contributed by atoms with E-state index in [-0.39, 0.29) is 23.6 Å². The Labute approximate surface area is 205 Å². The number of anilines is 1. The molecule has 0 atom stereocenters. The van der Waals surface area contributed by atoms with E-state index in [1.807, 2.05) is 29.6 Å². The number of benzene rings is 2. The molecule has 2 aromatic carbocycles. The molecule has 0 spiro atoms. The lowest BCUT2D eigenvalue weighted by Crippen LogP contribution is -2.31. The summed E-state index contributed by atoms with van der Waals surface area (Å²) in [5, 5.41) is 21.2. The molecular weight excluding hydrogens is 446 g/mol. The van der Waals surface area contributed by atoms with Gasteiger partial charge in [0.25, 0.3) is 0 Å². The van der Waals surface area contributed by atoms with Gasteiger partial charge in [-0.2, -0.15) is 0 Å². The molecular formula is C28H33NO4S. The second kappa shape index (κ2) is 12.9. The molecule has 0 saturated heterocycles. The van der Waals surface area contributed by atoms with Gasteiger partial charge in [0, 0.05) is 10.6 Å². The molecule has 180 valence electrons. The van der Waals surface area contributed by atoms with Crippen molar-refractivity contribution >= 4 is 28.9 Å². The highest BCUT2D eigenvalue weighted by Gasteiger charge is 2.20. The van der Waals surface area contributed by atoms with Crippen LogP contribution in [0.1, 0.15) is 71.8 Å². The zero-order valence-electron chi connectivity index (χ0n) is 19.7. The number of thiophene rings is 1. The first kappa shape index (κ1) is 25.5. The van der Waals surface area contributed by atoms with E-state index in [1.165, 1.54) is 67.6 Å². The van der Waals surface area contributed by atoms with Crippen molar-refractivity contribution < 1.29 is 19.8 Å². The van der Waals surface area contributed by atoms with Crippen LogP contribution >= 0.6 is 11.3 Å². The van der Waals surface area contributed by atoms with Crippen molar-refractivity contribution in [2.75, 3.05) is 4.90 Å². The second-order valence-corrected chi connectivity index (χ2v) is 9.61. The highest BCUT2D eigenvalue weighted by Crippen LogP contribution is 2.27. The molecule has 0 radical (unpaired) electrons. The van der Waals surface area contributed by atoms with Crippen LogP contribution in [-0.2, 0) is 24.2 Å². The predicted molar refractivity (Wildman–Crippen MR) is 138 cm³/mol. The van der Waals surface area contributed by atoms with Gasteiger partial charge in [-0.15, -0.1) is 11.3 Å². The maximum atomic E-state index is 13.2. The molecule has 34 heavy (non-hydrogen) atoms. The van der Waals surface area contributed by atoms with Gasteiger partial charge in [-0.1, -0.05) is 69.4 Å². The van der Waals surface area contributed by atoms with Crippen LogP contribution in [0, 0.1) is 0 Å². The molecule has 0 unspecified atom stereocenters. The summed E-state index contributed by atoms with van der Waals surface area (Å²) >= 11 is 1.51. The molecule has 0 bridgehead atoms. The number of carboxylic acids is 1. The fourth-order valence-corrected chi connectivity index (χ4v) is 4.64. The number of aromatic carboxylic acids is 1. The fourth-order valence-electron chi connectivity index (χ4n) is 3.95. The number of carbonyl (C=O) groups excluding carboxylic acids is 1. The third-order valence-electron chi connectivity index (χ3n) is 5.91. The van der Waals surface area contributed by atoms with Crippen molar-refractivity contribution in [1.29, 1.82) is 0 Å². The quantitative estimate of drug-likeness (QED) is 0.263. The summed E-state index contributed by atoms with van der Waals surface area (Å²) in [5.74, 6) is -1.68. The Morgan fingerprint density at radius 1 is 0.912 bits per heavy atom. The minimum Gasteiger partial charge on any atom is -0.507 e. The number of phenols is 1. The number of aryl methyl sites for hydroxylation is 1. The molecule has 3 aromatic rings. The van der Waals surface area contributed by atoms with Crippen LogP contribution in [0.3, 0.4) is 0 Å². The van der Waals surface area contributed by atoms with Gasteiger partial charge in [0.2, 0.25) is 5.91 Å². The number of hydrogen-bond donors (Lipinski definition) is 2. The largest absolute Gasteiger partial charge is 0.507 e. The number of aromatic hydroxyl groups is 1. The molecule has 0 saturated carbocycles. The summed E-state index contributed by atoms with van der Waals surface area (Å²) in [5.41, 5.74) is 2.48. The molecule has 0 fully saturated rings. The van der Waals surface area contributed by atoms with Crippen LogP contribution in [0.15, 0.2) is 60.0 Å². The normalized spacial score (nSPS) is 10.9. The van der Waals surface area contributed by atoms with Crippen LogP contribution in [0.25, 0.3) is 0 Å². The van der Waals surface area contributed by atoms with Gasteiger partial charge >= 0.3 is 5.97 Å². The van der Waals surface area contributed by atoms with Crippen molar-refractivity contribution in [3.63, 3.8) is 0 Å². The van der Waals surface area contributed by atoms with Crippen LogP contribution in [-0.4, -0.2) is 22.1 Å². The number of hydrogen-bond acceptors (Lipinski definition) is 4. The monoisotopic (exact) mass is 479 g/mol. The minimum absolute atomic E-state index is 0.124. The van der Waals surface area contributed by atoms with Crippen LogP contribution in [0.2, 0.25) is 0 Å². The van der Waals surface area contributed by atoms with Crippen molar-refractivity contribution in [1.82, 2.24) is 0 Å². The molecule has 1 heterocycles. The highest BCUT2D eigenvalue weighted by atomic mass is 32.1. The summed E-state index contributed by atoms with van der Waals surface area (Å²) in [6.45, 7) is 2.55. The van der Waals surface area contributed by atoms with E-state index in [1.54, 1.807) is 11.0 Å². The Morgan fingerprint density at radius 2 is 1.62 bits per heavy atom. The summed E-state index contributed by atoms with van der Waals surface area (Å²) in [6.07, 6.45) is 8.88. The van der Waals surface area contributed by atoms with Crippen molar-refractivity contribution in [2.24, 2.45) is 0 Å². The van der Waals surface area contributed by atoms with Crippen LogP contribution < -0.4 is 4.90 Å². The van der Waals surface area contributed by atoms with Gasteiger partial charge in [0.1, 0.15) is 11.3 Å². The number of nitrogens with zero attached hydrogens (tertiary/aromatic N) is 1. The number of carbonyl (C=O) groups is 2. The molecule has 3 rings (SSSR count). The van der Waals surface area contributed by atoms with Crippen LogP contribution in [0.4, 0.5) is 5.69 Å². The summed E-state index contributed by atoms with van der Waals surface area (Å²) in [7, 11) is 0. The van der Waals surface area contributed by atoms with Gasteiger partial charge < -0.3 is 15.1 Å². The third kappa shape index (κ3) is 7.45. The standard InChI is InChI=1S/C28H33NO4S/c1-2-3-4-5-6-7-9-21-11-13-22(14-12-21)20-29(27(31)19-24-10-8-17-34-24)23-15-16-26(30)25(18-23)28(32)33/h8,10-18,30H,2-7,9,19-20H2,1H3,(H,32,33). The van der Waals surface area contributed by atoms with Crippen molar-refractivity contribution in [3.8, 4) is 5.75 Å². The molecule has 5 nitrogen and oxygen atoms in total. The first-order valence-electron chi connectivity index (χ1n) is 11.9. The van der Waals surface area contributed by atoms with Gasteiger partial charge in [0.05, 0.1) is 13.0 Å². The van der Waals surface area contributed by atoms with Gasteiger partial charge in [-0.05, 0) is 53.6 Å². The first-order chi connectivity index (χ1) is 16.5. The topological polar surface area (TPSA) is 77.8 Å². The fraction of sp³-hybridized carbons (Fsp3) is 0.357. The average Bonchev–Trinajstić information content (AvgIpc) is 3.34. The highest BCUT2D eigenvalue weighted by molar-refractivity contribution is 7.10. The Balaban J connectivity index is 1.72. The lowest BCUT2D eigenvalue weighted by atomic mass is 10.0. The summed E-state index contributed by atoms with van der Waals surface area (Å²) < 4.78 is 0. The summed E-state index contributed by atoms with van der Waals surface area (Å²) in [6, 6.07) is 16.4. The van der Waals surface area contributed by atoms with E-state index in [0.717, 1.165) is 16.9 Å². The Morgan fingerprint density at radius 3 is 2.29 bits per heavy atom. The number of unbranched alkanes of at least 4 members (excludes halogenated alkanes) is 5. The molecule has 0 aliphatic rings. The lowest BCUT2D eigenvalue weighted by Gasteiger charge is -2.24. The summed E-state index contributed by atoms with van der Waals surface area (Å²) in [4.78, 5) is 27.3. The van der Waals surface area contributed by atoms with E-state index in [0.29, 0.717) is 12.2 Å². The molecule has 1 aromatic heterocycles. The Bertz CT molecular complexity index is 1060. The smallest absolute Gasteiger partial charge is 0.339 e. The second-order valence-electron chi connectivity index (χ2n) is 8.58. The van der Waals surface area contributed by atoms with E-state index >= 15 is 0 Å². The predicted octanol–water partition coefficient (Wildman–Crippen LogP) is 6.83. The molecule has 0 aliphatic carbocycles. The first-order valence-corrected chi connectivity index (χ1v) is 12.8. The van der Waals surface area contributed by atoms with E-state index < -0.39 is 5.97 Å². The molecule has 0 aliphatic heterocycles. The SMILES string of the molecule is CCCCCCCCc1ccc(CN(C(=O)Cc2cccs2)c2ccc(O)c(C(=O)O)c2)cc1. The van der Waals surface area contributed by atoms with Gasteiger partial charge in [-0.25, -0.2) is 4.79 Å². The number of carboxylic acid groups (broad SMARTS) is 1.